The molecule has 0 aliphatic carbocycles. The van der Waals surface area contributed by atoms with Crippen LogP contribution in [0.25, 0.3) is 0 Å². The summed E-state index contributed by atoms with van der Waals surface area (Å²) in [6.45, 7) is 11.7. The van der Waals surface area contributed by atoms with E-state index in [2.05, 4.69) is 4.72 Å². The van der Waals surface area contributed by atoms with Crippen molar-refractivity contribution in [2.75, 3.05) is 14.1 Å². The van der Waals surface area contributed by atoms with E-state index in [1.807, 2.05) is 71.9 Å². The van der Waals surface area contributed by atoms with Gasteiger partial charge in [0, 0.05) is 25.5 Å². The Bertz CT molecular complexity index is 532. The van der Waals surface area contributed by atoms with Gasteiger partial charge in [0.15, 0.2) is 5.54 Å². The van der Waals surface area contributed by atoms with Crippen LogP contribution in [0.4, 0.5) is 0 Å². The highest BCUT2D eigenvalue weighted by atomic mass is 32.2. The highest BCUT2D eigenvalue weighted by molar-refractivity contribution is 7.90. The van der Waals surface area contributed by atoms with Crippen LogP contribution in [0.1, 0.15) is 47.1 Å². The first-order valence-corrected chi connectivity index (χ1v) is 8.96. The average molecular weight is 339 g/mol. The number of carbonyl (C=O) groups excluding carboxylic acids is 1. The fourth-order valence-electron chi connectivity index (χ4n) is 2.45. The molecule has 0 saturated carbocycles. The highest BCUT2D eigenvalue weighted by Gasteiger charge is 2.55. The van der Waals surface area contributed by atoms with Gasteiger partial charge in [-0.1, -0.05) is 51.1 Å². The summed E-state index contributed by atoms with van der Waals surface area (Å²) in [5.74, 6) is -0.103. The Labute approximate surface area is 144 Å². The first kappa shape index (κ1) is 20.0. The van der Waals surface area contributed by atoms with Crippen molar-refractivity contribution < 1.29 is 9.35 Å². The van der Waals surface area contributed by atoms with Gasteiger partial charge < -0.3 is 9.45 Å². The van der Waals surface area contributed by atoms with E-state index in [0.29, 0.717) is 0 Å². The van der Waals surface area contributed by atoms with E-state index in [0.717, 1.165) is 5.56 Å². The Kier molecular flexibility index (Phi) is 5.94. The minimum Gasteiger partial charge on any atom is -0.598 e. The van der Waals surface area contributed by atoms with Crippen molar-refractivity contribution in [2.45, 2.75) is 51.8 Å². The van der Waals surface area contributed by atoms with E-state index in [9.17, 15) is 9.35 Å². The number of likely N-dealkylation sites (N-methyl/N-ethyl adjacent to an activating group) is 1. The molecular formula is C18H30N2O2S. The predicted molar refractivity (Wildman–Crippen MR) is 97.3 cm³/mol. The Morgan fingerprint density at radius 1 is 1.04 bits per heavy atom. The lowest BCUT2D eigenvalue weighted by Crippen LogP contribution is -2.64. The van der Waals surface area contributed by atoms with Crippen LogP contribution >= 0.6 is 0 Å². The van der Waals surface area contributed by atoms with Gasteiger partial charge in [-0.2, -0.15) is 0 Å². The van der Waals surface area contributed by atoms with E-state index in [-0.39, 0.29) is 5.91 Å². The number of rotatable bonds is 4. The molecule has 0 aromatic heterocycles. The standard InChI is InChI=1S/C18H30N2O2S/c1-16(2,3)18(15(21)20(7)8,14-12-10-9-11-13-14)19-23(22)17(4,5)6/h9-13,19H,1-8H3/t18-,23+/m1/s1. The molecule has 1 N–H and O–H groups in total. The molecule has 0 fully saturated rings. The molecular weight excluding hydrogens is 308 g/mol. The molecule has 4 nitrogen and oxygen atoms in total. The summed E-state index contributed by atoms with van der Waals surface area (Å²) >= 11 is -1.39. The van der Waals surface area contributed by atoms with Gasteiger partial charge >= 0.3 is 0 Å². The molecule has 5 heteroatoms. The van der Waals surface area contributed by atoms with Crippen LogP contribution in [0.15, 0.2) is 30.3 Å². The zero-order valence-electron chi connectivity index (χ0n) is 15.6. The van der Waals surface area contributed by atoms with Gasteiger partial charge in [0.2, 0.25) is 0 Å². The minimum absolute atomic E-state index is 0.103. The summed E-state index contributed by atoms with van der Waals surface area (Å²) in [6.07, 6.45) is 0. The number of hydrogen-bond acceptors (Lipinski definition) is 3. The second-order valence-electron chi connectivity index (χ2n) is 8.05. The lowest BCUT2D eigenvalue weighted by Gasteiger charge is -2.46. The van der Waals surface area contributed by atoms with Crippen LogP contribution in [0.3, 0.4) is 0 Å². The van der Waals surface area contributed by atoms with Crippen LogP contribution in [-0.2, 0) is 21.7 Å². The molecule has 0 aliphatic heterocycles. The molecule has 0 radical (unpaired) electrons. The summed E-state index contributed by atoms with van der Waals surface area (Å²) in [6, 6.07) is 9.55. The largest absolute Gasteiger partial charge is 0.598 e. The Hall–Kier alpha value is -1.04. The zero-order chi connectivity index (χ0) is 18.1. The summed E-state index contributed by atoms with van der Waals surface area (Å²) in [7, 11) is 3.46. The molecule has 1 amide bonds. The van der Waals surface area contributed by atoms with Crippen LogP contribution in [0, 0.1) is 5.41 Å². The number of nitrogens with zero attached hydrogens (tertiary/aromatic N) is 1. The van der Waals surface area contributed by atoms with Crippen LogP contribution < -0.4 is 4.72 Å². The van der Waals surface area contributed by atoms with E-state index in [1.54, 1.807) is 19.0 Å². The van der Waals surface area contributed by atoms with Crippen molar-refractivity contribution >= 4 is 17.3 Å². The van der Waals surface area contributed by atoms with E-state index in [4.69, 9.17) is 0 Å². The normalized spacial score (nSPS) is 16.6. The van der Waals surface area contributed by atoms with Crippen LogP contribution in [0.2, 0.25) is 0 Å². The van der Waals surface area contributed by atoms with Crippen molar-refractivity contribution in [3.8, 4) is 0 Å². The van der Waals surface area contributed by atoms with E-state index in [1.165, 1.54) is 0 Å². The highest BCUT2D eigenvalue weighted by Crippen LogP contribution is 2.42. The molecule has 130 valence electrons. The van der Waals surface area contributed by atoms with E-state index < -0.39 is 27.1 Å². The van der Waals surface area contributed by atoms with Crippen molar-refractivity contribution in [3.63, 3.8) is 0 Å². The monoisotopic (exact) mass is 338 g/mol. The number of hydrogen-bond donors (Lipinski definition) is 1. The fourth-order valence-corrected chi connectivity index (χ4v) is 3.54. The first-order valence-electron chi connectivity index (χ1n) is 7.81. The Morgan fingerprint density at radius 2 is 1.52 bits per heavy atom. The first-order chi connectivity index (χ1) is 10.3. The summed E-state index contributed by atoms with van der Waals surface area (Å²) in [5, 5.41) is 0. The smallest absolute Gasteiger partial charge is 0.251 e. The van der Waals surface area contributed by atoms with Crippen molar-refractivity contribution in [1.82, 2.24) is 9.62 Å². The second kappa shape index (κ2) is 6.83. The quantitative estimate of drug-likeness (QED) is 0.859. The van der Waals surface area contributed by atoms with Crippen molar-refractivity contribution in [1.29, 1.82) is 0 Å². The fraction of sp³-hybridized carbons (Fsp3) is 0.611. The molecule has 0 spiro atoms. The molecule has 0 aliphatic rings. The van der Waals surface area contributed by atoms with Gasteiger partial charge in [0.25, 0.3) is 5.91 Å². The van der Waals surface area contributed by atoms with Crippen molar-refractivity contribution in [2.24, 2.45) is 5.41 Å². The van der Waals surface area contributed by atoms with Gasteiger partial charge in [-0.25, -0.2) is 0 Å². The minimum atomic E-state index is -1.39. The molecule has 0 unspecified atom stereocenters. The predicted octanol–water partition coefficient (Wildman–Crippen LogP) is 3.07. The molecule has 0 heterocycles. The van der Waals surface area contributed by atoms with E-state index >= 15 is 0 Å². The topological polar surface area (TPSA) is 55.4 Å². The van der Waals surface area contributed by atoms with Gasteiger partial charge in [-0.05, 0) is 31.7 Å². The Balaban J connectivity index is 3.58. The third-order valence-electron chi connectivity index (χ3n) is 3.86. The molecule has 0 bridgehead atoms. The summed E-state index contributed by atoms with van der Waals surface area (Å²) in [5.41, 5.74) is -0.726. The summed E-state index contributed by atoms with van der Waals surface area (Å²) in [4.78, 5) is 14.8. The number of benzene rings is 1. The maximum Gasteiger partial charge on any atom is 0.251 e. The maximum absolute atomic E-state index is 13.2. The van der Waals surface area contributed by atoms with Gasteiger partial charge in [0.1, 0.15) is 4.75 Å². The molecule has 2 atom stereocenters. The number of nitrogens with one attached hydrogen (secondary N) is 1. The maximum atomic E-state index is 13.2. The second-order valence-corrected chi connectivity index (χ2v) is 10.0. The lowest BCUT2D eigenvalue weighted by molar-refractivity contribution is -0.140. The molecule has 0 saturated heterocycles. The molecule has 1 aromatic rings. The van der Waals surface area contributed by atoms with Crippen molar-refractivity contribution in [3.05, 3.63) is 35.9 Å². The lowest BCUT2D eigenvalue weighted by atomic mass is 9.69. The number of amides is 1. The van der Waals surface area contributed by atoms with Crippen LogP contribution in [0.5, 0.6) is 0 Å². The molecule has 1 aromatic carbocycles. The van der Waals surface area contributed by atoms with Gasteiger partial charge in [-0.15, -0.1) is 4.72 Å². The van der Waals surface area contributed by atoms with Gasteiger partial charge in [-0.3, -0.25) is 4.79 Å². The SMILES string of the molecule is CN(C)C(=O)[C@](N[S@@+]([O-])C(C)(C)C)(c1ccccc1)C(C)(C)C. The molecule has 1 rings (SSSR count). The zero-order valence-corrected chi connectivity index (χ0v) is 16.4. The third-order valence-corrected chi connectivity index (χ3v) is 5.46. The molecule has 23 heavy (non-hydrogen) atoms. The third kappa shape index (κ3) is 4.08. The summed E-state index contributed by atoms with van der Waals surface area (Å²) < 4.78 is 15.6. The Morgan fingerprint density at radius 3 is 1.87 bits per heavy atom. The average Bonchev–Trinajstić information content (AvgIpc) is 2.42. The van der Waals surface area contributed by atoms with Gasteiger partial charge in [0.05, 0.1) is 0 Å². The van der Waals surface area contributed by atoms with Crippen LogP contribution in [-0.4, -0.2) is 34.2 Å². The number of carbonyl (C=O) groups is 1.